The first kappa shape index (κ1) is 15.1. The molecule has 1 N–H and O–H groups in total. The minimum absolute atomic E-state index is 0.287. The van der Waals surface area contributed by atoms with Crippen molar-refractivity contribution in [1.29, 1.82) is 0 Å². The van der Waals surface area contributed by atoms with E-state index in [9.17, 15) is 13.2 Å². The van der Waals surface area contributed by atoms with Crippen molar-refractivity contribution in [1.82, 2.24) is 10.2 Å². The molecule has 0 spiro atoms. The fraction of sp³-hybridized carbons (Fsp3) is 1.00. The van der Waals surface area contributed by atoms with Gasteiger partial charge in [0, 0.05) is 6.04 Å². The van der Waals surface area contributed by atoms with Crippen LogP contribution in [0.2, 0.25) is 0 Å². The van der Waals surface area contributed by atoms with Crippen molar-refractivity contribution in [3.63, 3.8) is 0 Å². The average Bonchev–Trinajstić information content (AvgIpc) is 2.33. The Bertz CT molecular complexity index is 272. The van der Waals surface area contributed by atoms with Crippen LogP contribution in [-0.2, 0) is 0 Å². The Hall–Kier alpha value is -0.290. The maximum atomic E-state index is 12.6. The van der Waals surface area contributed by atoms with E-state index in [1.165, 1.54) is 6.42 Å². The van der Waals surface area contributed by atoms with Gasteiger partial charge < -0.3 is 10.2 Å². The van der Waals surface area contributed by atoms with Crippen LogP contribution in [0.4, 0.5) is 13.2 Å². The Balaban J connectivity index is 1.72. The lowest BCUT2D eigenvalue weighted by Gasteiger charge is -2.47. The van der Waals surface area contributed by atoms with Gasteiger partial charge in [0.05, 0.1) is 5.92 Å². The lowest BCUT2D eigenvalue weighted by molar-refractivity contribution is -0.187. The van der Waals surface area contributed by atoms with Crippen molar-refractivity contribution in [2.45, 2.75) is 51.2 Å². The summed E-state index contributed by atoms with van der Waals surface area (Å²) in [5.74, 6) is -0.422. The molecule has 0 amide bonds. The summed E-state index contributed by atoms with van der Waals surface area (Å²) in [4.78, 5) is 2.30. The van der Waals surface area contributed by atoms with E-state index in [1.807, 2.05) is 0 Å². The van der Waals surface area contributed by atoms with E-state index in [-0.39, 0.29) is 12.8 Å². The second-order valence-corrected chi connectivity index (χ2v) is 5.96. The number of halogens is 3. The number of nitrogens with zero attached hydrogens (tertiary/aromatic N) is 1. The van der Waals surface area contributed by atoms with Gasteiger partial charge in [0.15, 0.2) is 0 Å². The molecule has 0 aromatic carbocycles. The van der Waals surface area contributed by atoms with E-state index in [2.05, 4.69) is 17.1 Å². The molecule has 2 fully saturated rings. The van der Waals surface area contributed by atoms with Crippen molar-refractivity contribution in [3.05, 3.63) is 0 Å². The maximum absolute atomic E-state index is 12.6. The third-order valence-electron chi connectivity index (χ3n) is 4.67. The molecule has 1 aliphatic heterocycles. The Morgan fingerprint density at radius 1 is 1.11 bits per heavy atom. The van der Waals surface area contributed by atoms with E-state index in [0.717, 1.165) is 25.9 Å². The first-order chi connectivity index (χ1) is 9.02. The Morgan fingerprint density at radius 2 is 1.79 bits per heavy atom. The lowest BCUT2D eigenvalue weighted by atomic mass is 9.77. The zero-order chi connectivity index (χ0) is 13.9. The predicted molar refractivity (Wildman–Crippen MR) is 70.0 cm³/mol. The van der Waals surface area contributed by atoms with Crippen LogP contribution >= 0.6 is 0 Å². The summed E-state index contributed by atoms with van der Waals surface area (Å²) < 4.78 is 37.9. The number of rotatable bonds is 5. The standard InChI is InChI=1S/C14H25F3N2/c1-2-7-18-10-11-3-4-13(11)19-8-5-12(6-9-19)14(15,16)17/h11-13,18H,2-10H2,1H3. The lowest BCUT2D eigenvalue weighted by Crippen LogP contribution is -2.53. The molecule has 2 unspecified atom stereocenters. The van der Waals surface area contributed by atoms with Gasteiger partial charge in [0.2, 0.25) is 0 Å². The highest BCUT2D eigenvalue weighted by Gasteiger charge is 2.43. The quantitative estimate of drug-likeness (QED) is 0.778. The normalized spacial score (nSPS) is 30.3. The molecule has 19 heavy (non-hydrogen) atoms. The van der Waals surface area contributed by atoms with Crippen LogP contribution in [-0.4, -0.2) is 43.3 Å². The molecule has 0 aromatic rings. The monoisotopic (exact) mass is 278 g/mol. The first-order valence-corrected chi connectivity index (χ1v) is 7.54. The summed E-state index contributed by atoms with van der Waals surface area (Å²) in [6.45, 7) is 5.46. The molecule has 5 heteroatoms. The SMILES string of the molecule is CCCNCC1CCC1N1CCC(C(F)(F)F)CC1. The smallest absolute Gasteiger partial charge is 0.316 e. The van der Waals surface area contributed by atoms with Gasteiger partial charge in [0.25, 0.3) is 0 Å². The van der Waals surface area contributed by atoms with Gasteiger partial charge in [-0.15, -0.1) is 0 Å². The number of nitrogens with one attached hydrogen (secondary N) is 1. The van der Waals surface area contributed by atoms with Crippen molar-refractivity contribution >= 4 is 0 Å². The van der Waals surface area contributed by atoms with E-state index < -0.39 is 12.1 Å². The summed E-state index contributed by atoms with van der Waals surface area (Å²) in [7, 11) is 0. The second-order valence-electron chi connectivity index (χ2n) is 5.96. The van der Waals surface area contributed by atoms with E-state index >= 15 is 0 Å². The van der Waals surface area contributed by atoms with Crippen molar-refractivity contribution < 1.29 is 13.2 Å². The molecule has 1 heterocycles. The minimum Gasteiger partial charge on any atom is -0.316 e. The van der Waals surface area contributed by atoms with Crippen LogP contribution in [0.5, 0.6) is 0 Å². The summed E-state index contributed by atoms with van der Waals surface area (Å²) in [6, 6.07) is 0.526. The molecule has 1 aliphatic carbocycles. The van der Waals surface area contributed by atoms with Crippen LogP contribution in [0.15, 0.2) is 0 Å². The third-order valence-corrected chi connectivity index (χ3v) is 4.67. The van der Waals surface area contributed by atoms with Crippen LogP contribution in [0, 0.1) is 11.8 Å². The molecule has 0 aromatic heterocycles. The molecular formula is C14H25F3N2. The summed E-state index contributed by atoms with van der Waals surface area (Å²) >= 11 is 0. The fourth-order valence-electron chi connectivity index (χ4n) is 3.29. The molecule has 2 rings (SSSR count). The Labute approximate surface area is 113 Å². The largest absolute Gasteiger partial charge is 0.391 e. The molecule has 0 bridgehead atoms. The molecule has 1 saturated carbocycles. The number of hydrogen-bond acceptors (Lipinski definition) is 2. The topological polar surface area (TPSA) is 15.3 Å². The van der Waals surface area contributed by atoms with Crippen molar-refractivity contribution in [2.75, 3.05) is 26.2 Å². The van der Waals surface area contributed by atoms with Gasteiger partial charge in [-0.2, -0.15) is 13.2 Å². The highest BCUT2D eigenvalue weighted by atomic mass is 19.4. The van der Waals surface area contributed by atoms with E-state index in [4.69, 9.17) is 0 Å². The Kier molecular flexibility index (Phi) is 5.12. The molecule has 2 aliphatic rings. The number of likely N-dealkylation sites (tertiary alicyclic amines) is 1. The molecular weight excluding hydrogens is 253 g/mol. The maximum Gasteiger partial charge on any atom is 0.391 e. The highest BCUT2D eigenvalue weighted by Crippen LogP contribution is 2.38. The number of hydrogen-bond donors (Lipinski definition) is 1. The molecule has 112 valence electrons. The fourth-order valence-corrected chi connectivity index (χ4v) is 3.29. The van der Waals surface area contributed by atoms with Gasteiger partial charge in [-0.1, -0.05) is 6.92 Å². The van der Waals surface area contributed by atoms with Crippen molar-refractivity contribution in [2.24, 2.45) is 11.8 Å². The van der Waals surface area contributed by atoms with E-state index in [0.29, 0.717) is 25.0 Å². The zero-order valence-electron chi connectivity index (χ0n) is 11.7. The van der Waals surface area contributed by atoms with Crippen LogP contribution in [0.25, 0.3) is 0 Å². The minimum atomic E-state index is -3.99. The Morgan fingerprint density at radius 3 is 2.26 bits per heavy atom. The second kappa shape index (κ2) is 6.44. The molecule has 2 atom stereocenters. The molecule has 0 radical (unpaired) electrons. The number of alkyl halides is 3. The van der Waals surface area contributed by atoms with Crippen LogP contribution in [0.1, 0.15) is 39.0 Å². The van der Waals surface area contributed by atoms with E-state index in [1.54, 1.807) is 0 Å². The zero-order valence-corrected chi connectivity index (χ0v) is 11.7. The van der Waals surface area contributed by atoms with Gasteiger partial charge in [-0.05, 0) is 64.2 Å². The number of piperidine rings is 1. The van der Waals surface area contributed by atoms with Gasteiger partial charge in [-0.25, -0.2) is 0 Å². The summed E-state index contributed by atoms with van der Waals surface area (Å²) in [5, 5.41) is 3.43. The highest BCUT2D eigenvalue weighted by molar-refractivity contribution is 4.92. The van der Waals surface area contributed by atoms with Gasteiger partial charge >= 0.3 is 6.18 Å². The third kappa shape index (κ3) is 3.85. The summed E-state index contributed by atoms with van der Waals surface area (Å²) in [5.41, 5.74) is 0. The van der Waals surface area contributed by atoms with Crippen molar-refractivity contribution in [3.8, 4) is 0 Å². The van der Waals surface area contributed by atoms with Gasteiger partial charge in [0.1, 0.15) is 0 Å². The molecule has 2 nitrogen and oxygen atoms in total. The van der Waals surface area contributed by atoms with Crippen LogP contribution < -0.4 is 5.32 Å². The molecule has 1 saturated heterocycles. The van der Waals surface area contributed by atoms with Crippen LogP contribution in [0.3, 0.4) is 0 Å². The summed E-state index contributed by atoms with van der Waals surface area (Å²) in [6.07, 6.45) is 0.0993. The van der Waals surface area contributed by atoms with Gasteiger partial charge in [-0.3, -0.25) is 0 Å². The average molecular weight is 278 g/mol. The predicted octanol–water partition coefficient (Wildman–Crippen LogP) is 3.04. The first-order valence-electron chi connectivity index (χ1n) is 7.54.